The SMILES string of the molecule is Cn1ccc2c1-c1ccccc1-c1c(C3CCCCC3)c3ccc(C(=O)O)cc3n1C2. The van der Waals surface area contributed by atoms with E-state index in [-0.39, 0.29) is 0 Å². The third-order valence-corrected chi connectivity index (χ3v) is 7.29. The Hall–Kier alpha value is -3.27. The number of carboxylic acids is 1. The molecule has 31 heavy (non-hydrogen) atoms. The fourth-order valence-corrected chi connectivity index (χ4v) is 5.91. The number of aryl methyl sites for hydroxylation is 1. The van der Waals surface area contributed by atoms with Crippen molar-refractivity contribution in [2.24, 2.45) is 7.05 Å². The fraction of sp³-hybridized carbons (Fsp3) is 0.296. The van der Waals surface area contributed by atoms with E-state index in [1.165, 1.54) is 71.1 Å². The van der Waals surface area contributed by atoms with E-state index in [4.69, 9.17) is 0 Å². The Labute approximate surface area is 181 Å². The van der Waals surface area contributed by atoms with Crippen molar-refractivity contribution in [3.05, 3.63) is 71.4 Å². The van der Waals surface area contributed by atoms with Gasteiger partial charge in [0.1, 0.15) is 0 Å². The average Bonchev–Trinajstić information content (AvgIpc) is 3.27. The van der Waals surface area contributed by atoms with Gasteiger partial charge >= 0.3 is 5.97 Å². The topological polar surface area (TPSA) is 47.2 Å². The van der Waals surface area contributed by atoms with Gasteiger partial charge in [0.25, 0.3) is 0 Å². The Morgan fingerprint density at radius 1 is 0.968 bits per heavy atom. The monoisotopic (exact) mass is 410 g/mol. The normalized spacial score (nSPS) is 15.9. The number of rotatable bonds is 2. The van der Waals surface area contributed by atoms with Crippen LogP contribution in [-0.2, 0) is 13.6 Å². The zero-order chi connectivity index (χ0) is 21.1. The first-order valence-electron chi connectivity index (χ1n) is 11.3. The molecule has 1 N–H and O–H groups in total. The lowest BCUT2D eigenvalue weighted by Gasteiger charge is -2.24. The smallest absolute Gasteiger partial charge is 0.335 e. The van der Waals surface area contributed by atoms with Crippen LogP contribution in [0.2, 0.25) is 0 Å². The number of aromatic nitrogens is 2. The maximum atomic E-state index is 11.8. The number of carboxylic acid groups (broad SMARTS) is 1. The van der Waals surface area contributed by atoms with Gasteiger partial charge in [0.15, 0.2) is 0 Å². The molecule has 0 unspecified atom stereocenters. The quantitative estimate of drug-likeness (QED) is 0.365. The van der Waals surface area contributed by atoms with E-state index >= 15 is 0 Å². The van der Waals surface area contributed by atoms with Gasteiger partial charge in [-0.2, -0.15) is 0 Å². The molecule has 1 aliphatic carbocycles. The molecule has 0 atom stereocenters. The van der Waals surface area contributed by atoms with E-state index in [0.29, 0.717) is 11.5 Å². The van der Waals surface area contributed by atoms with Crippen LogP contribution in [0.4, 0.5) is 0 Å². The summed E-state index contributed by atoms with van der Waals surface area (Å²) >= 11 is 0. The zero-order valence-electron chi connectivity index (χ0n) is 17.8. The molecule has 4 heteroatoms. The Kier molecular flexibility index (Phi) is 4.10. The van der Waals surface area contributed by atoms with Crippen LogP contribution in [0.5, 0.6) is 0 Å². The highest BCUT2D eigenvalue weighted by Crippen LogP contribution is 2.48. The Morgan fingerprint density at radius 3 is 2.45 bits per heavy atom. The second-order valence-corrected chi connectivity index (χ2v) is 9.07. The Bertz CT molecular complexity index is 1340. The molecular formula is C27H26N2O2. The first-order valence-corrected chi connectivity index (χ1v) is 11.3. The molecule has 0 spiro atoms. The molecule has 2 aromatic carbocycles. The number of carbonyl (C=O) groups is 1. The molecule has 0 radical (unpaired) electrons. The third-order valence-electron chi connectivity index (χ3n) is 7.29. The van der Waals surface area contributed by atoms with Crippen LogP contribution in [0.15, 0.2) is 54.7 Å². The van der Waals surface area contributed by atoms with E-state index in [9.17, 15) is 9.90 Å². The van der Waals surface area contributed by atoms with Gasteiger partial charge in [-0.05, 0) is 48.1 Å². The lowest BCUT2D eigenvalue weighted by molar-refractivity contribution is 0.0697. The van der Waals surface area contributed by atoms with Crippen molar-refractivity contribution in [1.82, 2.24) is 9.13 Å². The van der Waals surface area contributed by atoms with Gasteiger partial charge in [-0.1, -0.05) is 49.6 Å². The van der Waals surface area contributed by atoms with Crippen molar-refractivity contribution in [3.8, 4) is 22.5 Å². The summed E-state index contributed by atoms with van der Waals surface area (Å²) in [5.41, 5.74) is 9.18. The zero-order valence-corrected chi connectivity index (χ0v) is 17.8. The van der Waals surface area contributed by atoms with Crippen molar-refractivity contribution in [2.75, 3.05) is 0 Å². The summed E-state index contributed by atoms with van der Waals surface area (Å²) in [7, 11) is 2.11. The number of aromatic carboxylic acids is 1. The summed E-state index contributed by atoms with van der Waals surface area (Å²) in [4.78, 5) is 11.8. The number of benzene rings is 2. The van der Waals surface area contributed by atoms with E-state index in [2.05, 4.69) is 58.8 Å². The lowest BCUT2D eigenvalue weighted by Crippen LogP contribution is -2.07. The summed E-state index contributed by atoms with van der Waals surface area (Å²) < 4.78 is 4.60. The van der Waals surface area contributed by atoms with E-state index in [0.717, 1.165) is 12.1 Å². The van der Waals surface area contributed by atoms with Crippen LogP contribution < -0.4 is 0 Å². The fourth-order valence-electron chi connectivity index (χ4n) is 5.91. The predicted molar refractivity (Wildman–Crippen MR) is 124 cm³/mol. The first-order chi connectivity index (χ1) is 15.1. The summed E-state index contributed by atoms with van der Waals surface area (Å²) in [6.07, 6.45) is 8.40. The molecule has 1 fully saturated rings. The minimum atomic E-state index is -0.869. The van der Waals surface area contributed by atoms with E-state index in [1.54, 1.807) is 6.07 Å². The molecule has 1 saturated carbocycles. The molecule has 156 valence electrons. The molecule has 4 aromatic rings. The van der Waals surface area contributed by atoms with E-state index < -0.39 is 5.97 Å². The van der Waals surface area contributed by atoms with Crippen LogP contribution in [0, 0.1) is 0 Å². The van der Waals surface area contributed by atoms with Crippen molar-refractivity contribution >= 4 is 16.9 Å². The second-order valence-electron chi connectivity index (χ2n) is 9.07. The minimum Gasteiger partial charge on any atom is -0.478 e. The van der Waals surface area contributed by atoms with Crippen molar-refractivity contribution in [3.63, 3.8) is 0 Å². The summed E-state index contributed by atoms with van der Waals surface area (Å²) in [6, 6.07) is 16.6. The van der Waals surface area contributed by atoms with Crippen molar-refractivity contribution < 1.29 is 9.90 Å². The maximum Gasteiger partial charge on any atom is 0.335 e. The molecular weight excluding hydrogens is 384 g/mol. The van der Waals surface area contributed by atoms with E-state index in [1.807, 2.05) is 6.07 Å². The van der Waals surface area contributed by atoms with Crippen molar-refractivity contribution in [1.29, 1.82) is 0 Å². The Balaban J connectivity index is 1.73. The van der Waals surface area contributed by atoms with Crippen LogP contribution >= 0.6 is 0 Å². The van der Waals surface area contributed by atoms with Gasteiger partial charge in [-0.3, -0.25) is 0 Å². The molecule has 2 aromatic heterocycles. The summed E-state index contributed by atoms with van der Waals surface area (Å²) in [6.45, 7) is 0.756. The van der Waals surface area contributed by atoms with Crippen LogP contribution in [0.3, 0.4) is 0 Å². The highest BCUT2D eigenvalue weighted by molar-refractivity contribution is 6.00. The van der Waals surface area contributed by atoms with Crippen LogP contribution in [0.25, 0.3) is 33.4 Å². The van der Waals surface area contributed by atoms with Crippen LogP contribution in [-0.4, -0.2) is 20.2 Å². The molecule has 0 saturated heterocycles. The molecule has 0 bridgehead atoms. The number of fused-ring (bicyclic) bond motifs is 7. The summed E-state index contributed by atoms with van der Waals surface area (Å²) in [5.74, 6) is -0.344. The van der Waals surface area contributed by atoms with Crippen molar-refractivity contribution in [2.45, 2.75) is 44.6 Å². The average molecular weight is 411 g/mol. The maximum absolute atomic E-state index is 11.8. The number of nitrogens with zero attached hydrogens (tertiary/aromatic N) is 2. The lowest BCUT2D eigenvalue weighted by atomic mass is 9.81. The molecule has 3 heterocycles. The van der Waals surface area contributed by atoms with Gasteiger partial charge in [-0.15, -0.1) is 0 Å². The van der Waals surface area contributed by atoms with Gasteiger partial charge in [-0.25, -0.2) is 4.79 Å². The molecule has 1 aliphatic heterocycles. The molecule has 4 nitrogen and oxygen atoms in total. The molecule has 6 rings (SSSR count). The van der Waals surface area contributed by atoms with Gasteiger partial charge < -0.3 is 14.2 Å². The van der Waals surface area contributed by atoms with Gasteiger partial charge in [0.05, 0.1) is 23.5 Å². The predicted octanol–water partition coefficient (Wildman–Crippen LogP) is 6.42. The second kappa shape index (κ2) is 6.88. The standard InChI is InChI=1S/C27H26N2O2/c1-28-14-13-19-16-29-23-15-18(27(30)31)11-12-22(23)24(17-7-3-2-4-8-17)26(29)21-10-6-5-9-20(21)25(19)28/h5-6,9-15,17H,2-4,7-8,16H2,1H3,(H,30,31). The molecule has 0 amide bonds. The largest absolute Gasteiger partial charge is 0.478 e. The van der Waals surface area contributed by atoms with Crippen LogP contribution in [0.1, 0.15) is 59.5 Å². The van der Waals surface area contributed by atoms with Gasteiger partial charge in [0, 0.05) is 35.3 Å². The summed E-state index contributed by atoms with van der Waals surface area (Å²) in [5, 5.41) is 10.9. The highest BCUT2D eigenvalue weighted by Gasteiger charge is 2.30. The number of hydrogen-bond acceptors (Lipinski definition) is 1. The molecule has 2 aliphatic rings. The minimum absolute atomic E-state index is 0.355. The van der Waals surface area contributed by atoms with Gasteiger partial charge in [0.2, 0.25) is 0 Å². The Morgan fingerprint density at radius 2 is 1.71 bits per heavy atom. The highest BCUT2D eigenvalue weighted by atomic mass is 16.4. The number of hydrogen-bond donors (Lipinski definition) is 1. The third kappa shape index (κ3) is 2.71. The first kappa shape index (κ1) is 18.5.